The summed E-state index contributed by atoms with van der Waals surface area (Å²) in [5, 5.41) is 7.82. The second-order valence-corrected chi connectivity index (χ2v) is 7.23. The minimum atomic E-state index is -3.71. The molecule has 3 aromatic rings. The van der Waals surface area contributed by atoms with Gasteiger partial charge in [-0.25, -0.2) is 13.1 Å². The zero-order valence-corrected chi connectivity index (χ0v) is 15.7. The van der Waals surface area contributed by atoms with E-state index in [1.165, 1.54) is 12.1 Å². The Morgan fingerprint density at radius 2 is 1.85 bits per heavy atom. The fourth-order valence-corrected chi connectivity index (χ4v) is 3.29. The van der Waals surface area contributed by atoms with E-state index in [1.807, 2.05) is 6.92 Å². The normalized spacial score (nSPS) is 11.3. The smallest absolute Gasteiger partial charge is 0.247 e. The number of aromatic nitrogens is 2. The number of ether oxygens (including phenoxy) is 2. The molecule has 3 rings (SSSR count). The van der Waals surface area contributed by atoms with Gasteiger partial charge >= 0.3 is 0 Å². The Hall–Kier alpha value is -2.91. The summed E-state index contributed by atoms with van der Waals surface area (Å²) in [6.07, 6.45) is 0. The van der Waals surface area contributed by atoms with Gasteiger partial charge in [-0.2, -0.15) is 0 Å². The van der Waals surface area contributed by atoms with Crippen LogP contribution in [0.3, 0.4) is 0 Å². The van der Waals surface area contributed by atoms with E-state index in [9.17, 15) is 8.42 Å². The lowest BCUT2D eigenvalue weighted by Gasteiger charge is -2.06. The van der Waals surface area contributed by atoms with E-state index in [0.717, 1.165) is 0 Å². The van der Waals surface area contributed by atoms with Crippen LogP contribution < -0.4 is 14.2 Å². The van der Waals surface area contributed by atoms with E-state index in [4.69, 9.17) is 13.9 Å². The van der Waals surface area contributed by atoms with Crippen LogP contribution in [0.2, 0.25) is 0 Å². The summed E-state index contributed by atoms with van der Waals surface area (Å²) in [6, 6.07) is 13.3. The van der Waals surface area contributed by atoms with Crippen molar-refractivity contribution in [3.8, 4) is 23.0 Å². The Labute approximate surface area is 157 Å². The third-order valence-electron chi connectivity index (χ3n) is 3.64. The first kappa shape index (κ1) is 18.9. The van der Waals surface area contributed by atoms with Gasteiger partial charge in [-0.05, 0) is 49.4 Å². The van der Waals surface area contributed by atoms with E-state index in [2.05, 4.69) is 14.9 Å². The second kappa shape index (κ2) is 8.19. The van der Waals surface area contributed by atoms with E-state index in [-0.39, 0.29) is 23.2 Å². The van der Waals surface area contributed by atoms with Crippen LogP contribution in [-0.2, 0) is 16.6 Å². The fraction of sp³-hybridized carbons (Fsp3) is 0.222. The molecule has 1 aromatic heterocycles. The van der Waals surface area contributed by atoms with Crippen molar-refractivity contribution in [1.82, 2.24) is 14.9 Å². The lowest BCUT2D eigenvalue weighted by molar-refractivity contribution is 0.340. The molecule has 0 saturated carbocycles. The zero-order valence-electron chi connectivity index (χ0n) is 14.9. The maximum Gasteiger partial charge on any atom is 0.247 e. The van der Waals surface area contributed by atoms with Crippen molar-refractivity contribution in [1.29, 1.82) is 0 Å². The van der Waals surface area contributed by atoms with Crippen LogP contribution in [0.5, 0.6) is 11.5 Å². The Bertz CT molecular complexity index is 1000. The first-order valence-corrected chi connectivity index (χ1v) is 9.69. The summed E-state index contributed by atoms with van der Waals surface area (Å²) in [5.74, 6) is 1.70. The molecule has 9 heteroatoms. The molecule has 0 spiro atoms. The van der Waals surface area contributed by atoms with Gasteiger partial charge in [0, 0.05) is 5.56 Å². The molecule has 0 unspecified atom stereocenters. The monoisotopic (exact) mass is 389 g/mol. The van der Waals surface area contributed by atoms with E-state index in [0.29, 0.717) is 23.7 Å². The Morgan fingerprint density at radius 1 is 1.07 bits per heavy atom. The molecule has 0 radical (unpaired) electrons. The molecule has 27 heavy (non-hydrogen) atoms. The highest BCUT2D eigenvalue weighted by Crippen LogP contribution is 2.22. The molecule has 1 N–H and O–H groups in total. The topological polar surface area (TPSA) is 104 Å². The number of nitrogens with zero attached hydrogens (tertiary/aromatic N) is 2. The van der Waals surface area contributed by atoms with Crippen molar-refractivity contribution >= 4 is 10.0 Å². The van der Waals surface area contributed by atoms with Crippen LogP contribution in [-0.4, -0.2) is 32.3 Å². The molecule has 0 bridgehead atoms. The maximum atomic E-state index is 12.4. The van der Waals surface area contributed by atoms with Crippen LogP contribution in [0.4, 0.5) is 0 Å². The van der Waals surface area contributed by atoms with E-state index < -0.39 is 10.0 Å². The molecule has 142 valence electrons. The maximum absolute atomic E-state index is 12.4. The molecule has 0 atom stereocenters. The lowest BCUT2D eigenvalue weighted by atomic mass is 10.2. The van der Waals surface area contributed by atoms with Gasteiger partial charge in [-0.1, -0.05) is 6.07 Å². The molecule has 0 aliphatic rings. The first-order chi connectivity index (χ1) is 13.0. The van der Waals surface area contributed by atoms with Crippen LogP contribution >= 0.6 is 0 Å². The highest BCUT2D eigenvalue weighted by atomic mass is 32.2. The van der Waals surface area contributed by atoms with Gasteiger partial charge in [-0.3, -0.25) is 0 Å². The van der Waals surface area contributed by atoms with Gasteiger partial charge in [0.2, 0.25) is 21.8 Å². The summed E-state index contributed by atoms with van der Waals surface area (Å²) in [5.41, 5.74) is 0.683. The average Bonchev–Trinajstić information content (AvgIpc) is 3.16. The summed E-state index contributed by atoms with van der Waals surface area (Å²) in [7, 11) is -2.15. The van der Waals surface area contributed by atoms with Crippen molar-refractivity contribution in [2.45, 2.75) is 18.4 Å². The summed E-state index contributed by atoms with van der Waals surface area (Å²) in [6.45, 7) is 2.25. The Morgan fingerprint density at radius 3 is 2.56 bits per heavy atom. The molecule has 8 nitrogen and oxygen atoms in total. The number of sulfonamides is 1. The SMILES string of the molecule is CCOc1ccc(S(=O)(=O)NCc2nnc(-c3cccc(OC)c3)o2)cc1. The Balaban J connectivity index is 1.68. The van der Waals surface area contributed by atoms with Crippen molar-refractivity contribution in [3.05, 3.63) is 54.4 Å². The molecule has 0 aliphatic heterocycles. The number of rotatable bonds is 8. The van der Waals surface area contributed by atoms with Crippen molar-refractivity contribution in [2.75, 3.05) is 13.7 Å². The van der Waals surface area contributed by atoms with Gasteiger partial charge < -0.3 is 13.9 Å². The highest BCUT2D eigenvalue weighted by Gasteiger charge is 2.16. The van der Waals surface area contributed by atoms with Crippen LogP contribution in [0, 0.1) is 0 Å². The Kier molecular flexibility index (Phi) is 5.72. The predicted octanol–water partition coefficient (Wildman–Crippen LogP) is 2.62. The molecule has 0 fully saturated rings. The largest absolute Gasteiger partial charge is 0.497 e. The predicted molar refractivity (Wildman–Crippen MR) is 97.9 cm³/mol. The van der Waals surface area contributed by atoms with E-state index >= 15 is 0 Å². The first-order valence-electron chi connectivity index (χ1n) is 8.21. The minimum absolute atomic E-state index is 0.119. The molecule has 1 heterocycles. The van der Waals surface area contributed by atoms with Crippen molar-refractivity contribution in [3.63, 3.8) is 0 Å². The van der Waals surface area contributed by atoms with Crippen molar-refractivity contribution in [2.24, 2.45) is 0 Å². The zero-order chi connectivity index (χ0) is 19.3. The number of hydrogen-bond acceptors (Lipinski definition) is 7. The minimum Gasteiger partial charge on any atom is -0.497 e. The summed E-state index contributed by atoms with van der Waals surface area (Å²) < 4.78 is 43.2. The number of benzene rings is 2. The summed E-state index contributed by atoms with van der Waals surface area (Å²) in [4.78, 5) is 0.124. The van der Waals surface area contributed by atoms with Gasteiger partial charge in [0.1, 0.15) is 11.5 Å². The van der Waals surface area contributed by atoms with Crippen LogP contribution in [0.15, 0.2) is 57.8 Å². The standard InChI is InChI=1S/C18H19N3O5S/c1-3-25-14-7-9-16(10-8-14)27(22,23)19-12-17-20-21-18(26-17)13-5-4-6-15(11-13)24-2/h4-11,19H,3,12H2,1-2H3. The van der Waals surface area contributed by atoms with Gasteiger partial charge in [0.25, 0.3) is 0 Å². The summed E-state index contributed by atoms with van der Waals surface area (Å²) >= 11 is 0. The fourth-order valence-electron chi connectivity index (χ4n) is 2.32. The van der Waals surface area contributed by atoms with Gasteiger partial charge in [0.15, 0.2) is 0 Å². The van der Waals surface area contributed by atoms with Crippen molar-refractivity contribution < 1.29 is 22.3 Å². The highest BCUT2D eigenvalue weighted by molar-refractivity contribution is 7.89. The number of hydrogen-bond donors (Lipinski definition) is 1. The number of nitrogens with one attached hydrogen (secondary N) is 1. The lowest BCUT2D eigenvalue weighted by Crippen LogP contribution is -2.23. The number of methoxy groups -OCH3 is 1. The molecule has 0 aliphatic carbocycles. The quantitative estimate of drug-likeness (QED) is 0.631. The van der Waals surface area contributed by atoms with Crippen LogP contribution in [0.1, 0.15) is 12.8 Å². The third-order valence-corrected chi connectivity index (χ3v) is 5.06. The molecule has 0 saturated heterocycles. The van der Waals surface area contributed by atoms with Gasteiger partial charge in [-0.15, -0.1) is 10.2 Å². The average molecular weight is 389 g/mol. The van der Waals surface area contributed by atoms with Crippen LogP contribution in [0.25, 0.3) is 11.5 Å². The van der Waals surface area contributed by atoms with Gasteiger partial charge in [0.05, 0.1) is 25.2 Å². The second-order valence-electron chi connectivity index (χ2n) is 5.46. The third kappa shape index (κ3) is 4.63. The molecular formula is C18H19N3O5S. The molecular weight excluding hydrogens is 370 g/mol. The van der Waals surface area contributed by atoms with E-state index in [1.54, 1.807) is 43.5 Å². The molecule has 0 amide bonds. The molecule has 2 aromatic carbocycles.